The number of thioether (sulfide) groups is 1. The highest BCUT2D eigenvalue weighted by Gasteiger charge is 2.06. The first-order chi connectivity index (χ1) is 10.1. The topological polar surface area (TPSA) is 59.0 Å². The summed E-state index contributed by atoms with van der Waals surface area (Å²) in [6.45, 7) is 1.97. The fourth-order valence-corrected chi connectivity index (χ4v) is 2.87. The molecule has 108 valence electrons. The van der Waals surface area contributed by atoms with Crippen molar-refractivity contribution in [1.82, 2.24) is 0 Å². The minimum atomic E-state index is 0.0523. The van der Waals surface area contributed by atoms with E-state index in [1.165, 1.54) is 4.90 Å². The van der Waals surface area contributed by atoms with Crippen molar-refractivity contribution in [3.63, 3.8) is 0 Å². The summed E-state index contributed by atoms with van der Waals surface area (Å²) in [6, 6.07) is 15.9. The Morgan fingerprint density at radius 2 is 1.95 bits per heavy atom. The SMILES string of the molecule is COc1ccc(C#N)cc1CSc1ccc(C(C)N)cc1. The molecule has 0 amide bonds. The molecule has 3 nitrogen and oxygen atoms in total. The molecule has 2 N–H and O–H groups in total. The number of benzene rings is 2. The van der Waals surface area contributed by atoms with Crippen molar-refractivity contribution in [3.8, 4) is 11.8 Å². The van der Waals surface area contributed by atoms with Gasteiger partial charge in [0.15, 0.2) is 0 Å². The van der Waals surface area contributed by atoms with Gasteiger partial charge in [0.25, 0.3) is 0 Å². The van der Waals surface area contributed by atoms with E-state index in [1.54, 1.807) is 24.9 Å². The average Bonchev–Trinajstić information content (AvgIpc) is 2.52. The molecule has 1 unspecified atom stereocenters. The van der Waals surface area contributed by atoms with Crippen LogP contribution in [0.25, 0.3) is 0 Å². The van der Waals surface area contributed by atoms with Crippen molar-refractivity contribution in [2.75, 3.05) is 7.11 Å². The maximum Gasteiger partial charge on any atom is 0.122 e. The second-order valence-corrected chi connectivity index (χ2v) is 5.83. The molecule has 4 heteroatoms. The number of nitriles is 1. The first-order valence-corrected chi connectivity index (χ1v) is 7.68. The number of hydrogen-bond donors (Lipinski definition) is 1. The van der Waals surface area contributed by atoms with Crippen LogP contribution >= 0.6 is 11.8 Å². The molecule has 0 radical (unpaired) electrons. The third-order valence-corrected chi connectivity index (χ3v) is 4.27. The molecular weight excluding hydrogens is 280 g/mol. The summed E-state index contributed by atoms with van der Waals surface area (Å²) in [6.07, 6.45) is 0. The standard InChI is InChI=1S/C17H18N2OS/c1-12(19)14-4-6-16(7-5-14)21-11-15-9-13(10-18)3-8-17(15)20-2/h3-9,12H,11,19H2,1-2H3. The maximum absolute atomic E-state index is 8.98. The molecule has 0 spiro atoms. The number of methoxy groups -OCH3 is 1. The fourth-order valence-electron chi connectivity index (χ4n) is 1.99. The predicted molar refractivity (Wildman–Crippen MR) is 86.3 cm³/mol. The second kappa shape index (κ2) is 7.16. The molecule has 0 bridgehead atoms. The van der Waals surface area contributed by atoms with Crippen LogP contribution in [0.2, 0.25) is 0 Å². The Morgan fingerprint density at radius 3 is 2.52 bits per heavy atom. The minimum Gasteiger partial charge on any atom is -0.496 e. The van der Waals surface area contributed by atoms with Gasteiger partial charge in [-0.05, 0) is 42.8 Å². The van der Waals surface area contributed by atoms with E-state index in [-0.39, 0.29) is 6.04 Å². The number of nitrogens with zero attached hydrogens (tertiary/aromatic N) is 1. The molecule has 0 aliphatic heterocycles. The molecule has 21 heavy (non-hydrogen) atoms. The quantitative estimate of drug-likeness (QED) is 0.851. The monoisotopic (exact) mass is 298 g/mol. The van der Waals surface area contributed by atoms with Gasteiger partial charge in [-0.2, -0.15) is 5.26 Å². The number of rotatable bonds is 5. The van der Waals surface area contributed by atoms with Gasteiger partial charge in [-0.15, -0.1) is 11.8 Å². The maximum atomic E-state index is 8.98. The van der Waals surface area contributed by atoms with Crippen LogP contribution < -0.4 is 10.5 Å². The van der Waals surface area contributed by atoms with Crippen molar-refractivity contribution < 1.29 is 4.74 Å². The Labute approximate surface area is 129 Å². The summed E-state index contributed by atoms with van der Waals surface area (Å²) < 4.78 is 5.34. The first kappa shape index (κ1) is 15.4. The third kappa shape index (κ3) is 4.01. The van der Waals surface area contributed by atoms with Crippen molar-refractivity contribution in [2.45, 2.75) is 23.6 Å². The van der Waals surface area contributed by atoms with E-state index in [2.05, 4.69) is 30.3 Å². The summed E-state index contributed by atoms with van der Waals surface area (Å²) in [5, 5.41) is 8.98. The lowest BCUT2D eigenvalue weighted by molar-refractivity contribution is 0.411. The van der Waals surface area contributed by atoms with Crippen molar-refractivity contribution in [2.24, 2.45) is 5.73 Å². The lowest BCUT2D eigenvalue weighted by Gasteiger charge is -2.10. The van der Waals surface area contributed by atoms with Crippen LogP contribution in [-0.2, 0) is 5.75 Å². The number of hydrogen-bond acceptors (Lipinski definition) is 4. The average molecular weight is 298 g/mol. The second-order valence-electron chi connectivity index (χ2n) is 4.78. The van der Waals surface area contributed by atoms with Crippen molar-refractivity contribution in [1.29, 1.82) is 5.26 Å². The Balaban J connectivity index is 2.10. The van der Waals surface area contributed by atoms with Gasteiger partial charge < -0.3 is 10.5 Å². The van der Waals surface area contributed by atoms with Crippen LogP contribution in [0.4, 0.5) is 0 Å². The first-order valence-electron chi connectivity index (χ1n) is 6.69. The normalized spacial score (nSPS) is 11.7. The van der Waals surface area contributed by atoms with Crippen LogP contribution in [0.5, 0.6) is 5.75 Å². The summed E-state index contributed by atoms with van der Waals surface area (Å²) in [5.74, 6) is 1.57. The zero-order chi connectivity index (χ0) is 15.2. The van der Waals surface area contributed by atoms with Gasteiger partial charge in [-0.1, -0.05) is 12.1 Å². The summed E-state index contributed by atoms with van der Waals surface area (Å²) in [7, 11) is 1.65. The molecule has 2 rings (SSSR count). The largest absolute Gasteiger partial charge is 0.496 e. The molecule has 0 aliphatic carbocycles. The molecule has 0 aliphatic rings. The molecule has 0 heterocycles. The Bertz CT molecular complexity index is 645. The van der Waals surface area contributed by atoms with E-state index in [1.807, 2.05) is 19.1 Å². The molecule has 0 saturated heterocycles. The Hall–Kier alpha value is -1.96. The molecular formula is C17H18N2OS. The molecule has 2 aromatic carbocycles. The predicted octanol–water partition coefficient (Wildman–Crippen LogP) is 3.88. The van der Waals surface area contributed by atoms with E-state index in [0.717, 1.165) is 22.6 Å². The lowest BCUT2D eigenvalue weighted by atomic mass is 10.1. The van der Waals surface area contributed by atoms with Crippen LogP contribution in [0.1, 0.15) is 29.7 Å². The van der Waals surface area contributed by atoms with Gasteiger partial charge in [0, 0.05) is 22.3 Å². The number of ether oxygens (including phenoxy) is 1. The van der Waals surface area contributed by atoms with Crippen LogP contribution in [0, 0.1) is 11.3 Å². The van der Waals surface area contributed by atoms with Gasteiger partial charge in [0.05, 0.1) is 18.7 Å². The number of nitrogens with two attached hydrogens (primary N) is 1. The molecule has 0 fully saturated rings. The minimum absolute atomic E-state index is 0.0523. The Kier molecular flexibility index (Phi) is 5.26. The van der Waals surface area contributed by atoms with Crippen LogP contribution in [0.15, 0.2) is 47.4 Å². The smallest absolute Gasteiger partial charge is 0.122 e. The third-order valence-electron chi connectivity index (χ3n) is 3.21. The van der Waals surface area contributed by atoms with E-state index in [4.69, 9.17) is 15.7 Å². The van der Waals surface area contributed by atoms with Crippen LogP contribution in [0.3, 0.4) is 0 Å². The van der Waals surface area contributed by atoms with E-state index >= 15 is 0 Å². The zero-order valence-electron chi connectivity index (χ0n) is 12.2. The lowest BCUT2D eigenvalue weighted by Crippen LogP contribution is -2.04. The summed E-state index contributed by atoms with van der Waals surface area (Å²) in [5.41, 5.74) is 8.65. The molecule has 0 aromatic heterocycles. The van der Waals surface area contributed by atoms with Crippen molar-refractivity contribution >= 4 is 11.8 Å². The van der Waals surface area contributed by atoms with E-state index < -0.39 is 0 Å². The summed E-state index contributed by atoms with van der Waals surface area (Å²) in [4.78, 5) is 1.17. The highest BCUT2D eigenvalue weighted by molar-refractivity contribution is 7.98. The molecule has 2 aromatic rings. The van der Waals surface area contributed by atoms with Gasteiger partial charge in [0.1, 0.15) is 5.75 Å². The highest BCUT2D eigenvalue weighted by Crippen LogP contribution is 2.29. The van der Waals surface area contributed by atoms with Gasteiger partial charge in [-0.25, -0.2) is 0 Å². The van der Waals surface area contributed by atoms with E-state index in [9.17, 15) is 0 Å². The van der Waals surface area contributed by atoms with Crippen LogP contribution in [-0.4, -0.2) is 7.11 Å². The van der Waals surface area contributed by atoms with E-state index in [0.29, 0.717) is 5.56 Å². The van der Waals surface area contributed by atoms with Gasteiger partial charge in [0.2, 0.25) is 0 Å². The Morgan fingerprint density at radius 1 is 1.24 bits per heavy atom. The fraction of sp³-hybridized carbons (Fsp3) is 0.235. The highest BCUT2D eigenvalue weighted by atomic mass is 32.2. The molecule has 0 saturated carbocycles. The van der Waals surface area contributed by atoms with Gasteiger partial charge >= 0.3 is 0 Å². The zero-order valence-corrected chi connectivity index (χ0v) is 13.0. The molecule has 1 atom stereocenters. The van der Waals surface area contributed by atoms with Crippen molar-refractivity contribution in [3.05, 3.63) is 59.2 Å². The summed E-state index contributed by atoms with van der Waals surface area (Å²) >= 11 is 1.71. The van der Waals surface area contributed by atoms with Gasteiger partial charge in [-0.3, -0.25) is 0 Å².